The van der Waals surface area contributed by atoms with Gasteiger partial charge in [0.2, 0.25) is 0 Å². The zero-order chi connectivity index (χ0) is 36.4. The number of unbranched alkanes of at least 4 members (excludes halogenated alkanes) is 3. The van der Waals surface area contributed by atoms with E-state index in [-0.39, 0.29) is 11.5 Å². The Bertz CT molecular complexity index is 1660. The van der Waals surface area contributed by atoms with E-state index in [2.05, 4.69) is 94.8 Å². The highest BCUT2D eigenvalue weighted by atomic mass is 79.9. The summed E-state index contributed by atoms with van der Waals surface area (Å²) < 4.78 is 11.9. The monoisotopic (exact) mass is 752 g/mol. The van der Waals surface area contributed by atoms with Crippen molar-refractivity contribution in [1.82, 2.24) is 0 Å². The highest BCUT2D eigenvalue weighted by Gasteiger charge is 2.07. The Labute approximate surface area is 311 Å². The maximum absolute atomic E-state index is 11.1. The number of carbonyl (C=O) groups is 2. The number of halogens is 1. The first-order chi connectivity index (χ1) is 25.0. The number of aryl methyl sites for hydroxylation is 3. The molecule has 0 spiro atoms. The minimum atomic E-state index is -0.274. The Balaban J connectivity index is 0.000000271. The predicted octanol–water partition coefficient (Wildman–Crippen LogP) is 10.6. The van der Waals surface area contributed by atoms with Crippen LogP contribution in [0.2, 0.25) is 0 Å². The third-order valence-corrected chi connectivity index (χ3v) is 8.41. The zero-order valence-corrected chi connectivity index (χ0v) is 30.8. The number of phenols is 2. The predicted molar refractivity (Wildman–Crippen MR) is 210 cm³/mol. The minimum absolute atomic E-state index is 0.217. The Kier molecular flexibility index (Phi) is 20.0. The molecule has 0 aliphatic rings. The highest BCUT2D eigenvalue weighted by Crippen LogP contribution is 2.29. The second-order valence-electron chi connectivity index (χ2n) is 11.9. The first-order valence-electron chi connectivity index (χ1n) is 17.5. The first kappa shape index (κ1) is 40.5. The van der Waals surface area contributed by atoms with E-state index in [4.69, 9.17) is 19.7 Å². The number of aromatic hydroxyl groups is 2. The molecule has 0 saturated heterocycles. The Morgan fingerprint density at radius 2 is 0.902 bits per heavy atom. The molecular weight excluding hydrogens is 704 g/mol. The number of aldehydes is 2. The van der Waals surface area contributed by atoms with Crippen molar-refractivity contribution in [3.8, 4) is 23.0 Å². The normalized spacial score (nSPS) is 10.1. The molecule has 268 valence electrons. The molecule has 51 heavy (non-hydrogen) atoms. The van der Waals surface area contributed by atoms with Crippen LogP contribution in [0.1, 0.15) is 75.9 Å². The van der Waals surface area contributed by atoms with Crippen molar-refractivity contribution < 1.29 is 29.3 Å². The number of ether oxygens (including phenoxy) is 2. The van der Waals surface area contributed by atoms with Crippen molar-refractivity contribution in [1.29, 1.82) is 0 Å². The van der Waals surface area contributed by atoms with E-state index in [1.54, 1.807) is 12.1 Å². The molecule has 0 fully saturated rings. The number of carbonyl (C=O) groups excluding carboxylic acids is 2. The summed E-state index contributed by atoms with van der Waals surface area (Å²) in [7, 11) is 0. The van der Waals surface area contributed by atoms with E-state index in [1.807, 2.05) is 18.2 Å². The van der Waals surface area contributed by atoms with Crippen molar-refractivity contribution in [2.24, 2.45) is 0 Å². The molecule has 0 radical (unpaired) electrons. The van der Waals surface area contributed by atoms with Crippen LogP contribution in [0.5, 0.6) is 23.0 Å². The standard InChI is InChI=1S/C27H30O3.C10H13Br.C7H6O3/c28-22-25-17-18-26(29-19-9-7-15-23-11-3-1-4-12-23)27(21-25)30-20-10-8-16-24-13-5-2-6-14-24;11-9-5-4-8-10-6-2-1-3-7-10;8-4-5-1-2-6(9)7(10)3-5/h1-6,11-14,17-18,21-22H,7-10,15-16,19-20H2;1-3,6-7H,4-5,8-9H2;1-4,9-10H. The number of phenolic OH excluding ortho intramolecular Hbond substituents is 2. The molecule has 6 nitrogen and oxygen atoms in total. The molecule has 0 aliphatic heterocycles. The SMILES string of the molecule is BrCCCCc1ccccc1.O=Cc1ccc(O)c(O)c1.O=Cc1ccc(OCCCCc2ccccc2)c(OCCCCc2ccccc2)c1. The van der Waals surface area contributed by atoms with Gasteiger partial charge >= 0.3 is 0 Å². The maximum Gasteiger partial charge on any atom is 0.161 e. The van der Waals surface area contributed by atoms with Crippen molar-refractivity contribution in [2.75, 3.05) is 18.5 Å². The second-order valence-corrected chi connectivity index (χ2v) is 12.7. The molecule has 2 N–H and O–H groups in total. The quantitative estimate of drug-likeness (QED) is 0.0401. The van der Waals surface area contributed by atoms with Crippen molar-refractivity contribution in [2.45, 2.75) is 57.8 Å². The van der Waals surface area contributed by atoms with Crippen LogP contribution < -0.4 is 9.47 Å². The van der Waals surface area contributed by atoms with E-state index in [9.17, 15) is 9.59 Å². The molecule has 0 bridgehead atoms. The fraction of sp³-hybridized carbons (Fsp3) is 0.273. The van der Waals surface area contributed by atoms with Gasteiger partial charge in [0.25, 0.3) is 0 Å². The smallest absolute Gasteiger partial charge is 0.161 e. The average Bonchev–Trinajstić information content (AvgIpc) is 3.18. The van der Waals surface area contributed by atoms with E-state index < -0.39 is 0 Å². The maximum atomic E-state index is 11.1. The van der Waals surface area contributed by atoms with Crippen molar-refractivity contribution in [3.63, 3.8) is 0 Å². The summed E-state index contributed by atoms with van der Waals surface area (Å²) in [6.45, 7) is 1.25. The largest absolute Gasteiger partial charge is 0.504 e. The minimum Gasteiger partial charge on any atom is -0.504 e. The van der Waals surface area contributed by atoms with Crippen LogP contribution in [0.4, 0.5) is 0 Å². The third-order valence-electron chi connectivity index (χ3n) is 7.85. The molecule has 5 rings (SSSR count). The fourth-order valence-electron chi connectivity index (χ4n) is 5.03. The summed E-state index contributed by atoms with van der Waals surface area (Å²) in [5, 5.41) is 18.7. The van der Waals surface area contributed by atoms with E-state index in [1.165, 1.54) is 54.2 Å². The molecule has 0 aliphatic carbocycles. The van der Waals surface area contributed by atoms with Gasteiger partial charge in [0, 0.05) is 16.5 Å². The zero-order valence-electron chi connectivity index (χ0n) is 29.2. The van der Waals surface area contributed by atoms with Gasteiger partial charge in [0.15, 0.2) is 23.0 Å². The average molecular weight is 754 g/mol. The van der Waals surface area contributed by atoms with Crippen LogP contribution in [0.15, 0.2) is 127 Å². The summed E-state index contributed by atoms with van der Waals surface area (Å²) in [6, 6.07) is 40.9. The van der Waals surface area contributed by atoms with Crippen LogP contribution >= 0.6 is 15.9 Å². The summed E-state index contributed by atoms with van der Waals surface area (Å²) >= 11 is 3.42. The molecule has 0 saturated carbocycles. The molecule has 0 aromatic heterocycles. The number of hydrogen-bond acceptors (Lipinski definition) is 6. The van der Waals surface area contributed by atoms with Gasteiger partial charge in [0.1, 0.15) is 12.6 Å². The van der Waals surface area contributed by atoms with Gasteiger partial charge in [0.05, 0.1) is 13.2 Å². The van der Waals surface area contributed by atoms with Gasteiger partial charge in [-0.3, -0.25) is 9.59 Å². The third kappa shape index (κ3) is 17.1. The van der Waals surface area contributed by atoms with Crippen LogP contribution in [-0.2, 0) is 19.3 Å². The van der Waals surface area contributed by atoms with Gasteiger partial charge in [-0.25, -0.2) is 0 Å². The topological polar surface area (TPSA) is 93.1 Å². The molecule has 5 aromatic rings. The lowest BCUT2D eigenvalue weighted by atomic mass is 10.1. The second kappa shape index (κ2) is 25.1. The lowest BCUT2D eigenvalue weighted by Gasteiger charge is -2.13. The fourth-order valence-corrected chi connectivity index (χ4v) is 5.42. The lowest BCUT2D eigenvalue weighted by Crippen LogP contribution is -2.04. The van der Waals surface area contributed by atoms with E-state index in [0.29, 0.717) is 42.1 Å². The number of alkyl halides is 1. The van der Waals surface area contributed by atoms with Crippen molar-refractivity contribution in [3.05, 3.63) is 155 Å². The van der Waals surface area contributed by atoms with Gasteiger partial charge in [-0.15, -0.1) is 0 Å². The summed E-state index contributed by atoms with van der Waals surface area (Å²) in [5.41, 5.74) is 5.10. The summed E-state index contributed by atoms with van der Waals surface area (Å²) in [4.78, 5) is 21.2. The lowest BCUT2D eigenvalue weighted by molar-refractivity contribution is 0.111. The molecule has 7 heteroatoms. The molecule has 0 unspecified atom stereocenters. The summed E-state index contributed by atoms with van der Waals surface area (Å²) in [6.07, 6.45) is 11.4. The highest BCUT2D eigenvalue weighted by molar-refractivity contribution is 9.09. The van der Waals surface area contributed by atoms with Crippen LogP contribution in [-0.4, -0.2) is 41.3 Å². The van der Waals surface area contributed by atoms with E-state index >= 15 is 0 Å². The molecule has 0 atom stereocenters. The summed E-state index contributed by atoms with van der Waals surface area (Å²) in [5.74, 6) is 0.876. The van der Waals surface area contributed by atoms with Crippen LogP contribution in [0, 0.1) is 0 Å². The first-order valence-corrected chi connectivity index (χ1v) is 18.6. The number of benzene rings is 5. The van der Waals surface area contributed by atoms with Gasteiger partial charge < -0.3 is 19.7 Å². The van der Waals surface area contributed by atoms with Crippen LogP contribution in [0.25, 0.3) is 0 Å². The van der Waals surface area contributed by atoms with Gasteiger partial charge in [-0.05, 0) is 111 Å². The number of hydrogen-bond donors (Lipinski definition) is 2. The van der Waals surface area contributed by atoms with E-state index in [0.717, 1.165) is 50.1 Å². The Morgan fingerprint density at radius 1 is 0.471 bits per heavy atom. The Morgan fingerprint density at radius 3 is 1.35 bits per heavy atom. The van der Waals surface area contributed by atoms with Gasteiger partial charge in [-0.2, -0.15) is 0 Å². The van der Waals surface area contributed by atoms with Crippen molar-refractivity contribution >= 4 is 28.5 Å². The molecule has 0 heterocycles. The molecule has 5 aromatic carbocycles. The van der Waals surface area contributed by atoms with Gasteiger partial charge in [-0.1, -0.05) is 107 Å². The number of rotatable bonds is 18. The Hall–Kier alpha value is -4.88. The molecule has 0 amide bonds. The van der Waals surface area contributed by atoms with Crippen LogP contribution in [0.3, 0.4) is 0 Å². The molecular formula is C44H49BrO6.